The molecule has 3 heteroatoms. The summed E-state index contributed by atoms with van der Waals surface area (Å²) in [7, 11) is 0. The number of nitrogens with one attached hydrogen (secondary N) is 1. The van der Waals surface area contributed by atoms with Crippen molar-refractivity contribution in [3.05, 3.63) is 64.7 Å². The molecule has 20 heavy (non-hydrogen) atoms. The molecule has 3 rings (SSSR count). The largest absolute Gasteiger partial charge is 0.313 e. The molecule has 1 N–H and O–H groups in total. The van der Waals surface area contributed by atoms with Gasteiger partial charge in [-0.25, -0.2) is 4.39 Å². The van der Waals surface area contributed by atoms with E-state index >= 15 is 0 Å². The molecule has 104 valence electrons. The summed E-state index contributed by atoms with van der Waals surface area (Å²) in [6.45, 7) is 3.45. The van der Waals surface area contributed by atoms with Gasteiger partial charge in [0.1, 0.15) is 5.82 Å². The highest BCUT2D eigenvalue weighted by molar-refractivity contribution is 5.39. The van der Waals surface area contributed by atoms with Crippen LogP contribution in [0, 0.1) is 5.82 Å². The Balaban J connectivity index is 1.92. The lowest BCUT2D eigenvalue weighted by Gasteiger charge is -2.13. The molecule has 0 saturated carbocycles. The smallest absolute Gasteiger partial charge is 0.127 e. The Morgan fingerprint density at radius 2 is 2.25 bits per heavy atom. The van der Waals surface area contributed by atoms with Gasteiger partial charge in [0.05, 0.1) is 5.69 Å². The molecule has 0 bridgehead atoms. The second-order valence-corrected chi connectivity index (χ2v) is 5.27. The molecule has 1 heterocycles. The van der Waals surface area contributed by atoms with Gasteiger partial charge in [-0.2, -0.15) is 0 Å². The van der Waals surface area contributed by atoms with Gasteiger partial charge in [-0.15, -0.1) is 0 Å². The number of pyridine rings is 1. The maximum atomic E-state index is 13.8. The van der Waals surface area contributed by atoms with Crippen LogP contribution in [0.5, 0.6) is 0 Å². The van der Waals surface area contributed by atoms with Crippen LogP contribution in [0.2, 0.25) is 0 Å². The molecule has 1 unspecified atom stereocenters. The van der Waals surface area contributed by atoms with Crippen LogP contribution in [0.25, 0.3) is 0 Å². The maximum Gasteiger partial charge on any atom is 0.127 e. The van der Waals surface area contributed by atoms with E-state index in [0.29, 0.717) is 12.5 Å². The first-order chi connectivity index (χ1) is 9.79. The molecular formula is C17H19FN2. The average Bonchev–Trinajstić information content (AvgIpc) is 2.90. The summed E-state index contributed by atoms with van der Waals surface area (Å²) < 4.78 is 13.8. The fraction of sp³-hybridized carbons (Fsp3) is 0.353. The van der Waals surface area contributed by atoms with E-state index < -0.39 is 0 Å². The normalized spacial score (nSPS) is 17.2. The van der Waals surface area contributed by atoms with Crippen molar-refractivity contribution in [1.29, 1.82) is 0 Å². The Morgan fingerprint density at radius 3 is 3.10 bits per heavy atom. The molecule has 2 nitrogen and oxygen atoms in total. The second kappa shape index (κ2) is 5.71. The fourth-order valence-electron chi connectivity index (χ4n) is 2.94. The first-order valence-electron chi connectivity index (χ1n) is 7.22. The summed E-state index contributed by atoms with van der Waals surface area (Å²) >= 11 is 0. The Morgan fingerprint density at radius 1 is 1.35 bits per heavy atom. The van der Waals surface area contributed by atoms with Gasteiger partial charge >= 0.3 is 0 Å². The number of aromatic nitrogens is 1. The predicted molar refractivity (Wildman–Crippen MR) is 78.2 cm³/mol. The van der Waals surface area contributed by atoms with E-state index in [4.69, 9.17) is 0 Å². The van der Waals surface area contributed by atoms with Gasteiger partial charge in [0.2, 0.25) is 0 Å². The first kappa shape index (κ1) is 13.3. The lowest BCUT2D eigenvalue weighted by atomic mass is 9.94. The van der Waals surface area contributed by atoms with E-state index in [1.807, 2.05) is 31.3 Å². The third-order valence-corrected chi connectivity index (χ3v) is 4.00. The highest BCUT2D eigenvalue weighted by Gasteiger charge is 2.25. The number of halogens is 1. The fourth-order valence-corrected chi connectivity index (χ4v) is 2.94. The van der Waals surface area contributed by atoms with Crippen molar-refractivity contribution >= 4 is 0 Å². The van der Waals surface area contributed by atoms with Crippen molar-refractivity contribution in [1.82, 2.24) is 10.3 Å². The van der Waals surface area contributed by atoms with Gasteiger partial charge in [0, 0.05) is 24.2 Å². The van der Waals surface area contributed by atoms with E-state index in [0.717, 1.165) is 30.6 Å². The van der Waals surface area contributed by atoms with E-state index in [-0.39, 0.29) is 5.82 Å². The molecule has 0 amide bonds. The molecule has 1 aliphatic carbocycles. The number of fused-ring (bicyclic) bond motifs is 1. The zero-order chi connectivity index (χ0) is 13.9. The van der Waals surface area contributed by atoms with Crippen molar-refractivity contribution < 1.29 is 4.39 Å². The van der Waals surface area contributed by atoms with Crippen molar-refractivity contribution in [2.45, 2.75) is 32.2 Å². The van der Waals surface area contributed by atoms with Gasteiger partial charge < -0.3 is 5.32 Å². The first-order valence-corrected chi connectivity index (χ1v) is 7.22. The molecule has 2 aromatic rings. The summed E-state index contributed by atoms with van der Waals surface area (Å²) in [5.41, 5.74) is 4.41. The van der Waals surface area contributed by atoms with Gasteiger partial charge in [0.25, 0.3) is 0 Å². The minimum absolute atomic E-state index is 0.131. The van der Waals surface area contributed by atoms with Crippen molar-refractivity contribution in [3.63, 3.8) is 0 Å². The molecule has 0 aliphatic heterocycles. The molecule has 0 radical (unpaired) electrons. The maximum absolute atomic E-state index is 13.8. The van der Waals surface area contributed by atoms with Crippen LogP contribution in [0.1, 0.15) is 41.6 Å². The summed E-state index contributed by atoms with van der Waals surface area (Å²) in [5, 5.41) is 3.19. The highest BCUT2D eigenvalue weighted by atomic mass is 19.1. The van der Waals surface area contributed by atoms with Crippen LogP contribution >= 0.6 is 0 Å². The number of aryl methyl sites for hydroxylation is 1. The monoisotopic (exact) mass is 270 g/mol. The van der Waals surface area contributed by atoms with Crippen LogP contribution in [-0.2, 0) is 13.0 Å². The quantitative estimate of drug-likeness (QED) is 0.921. The molecular weight excluding hydrogens is 251 g/mol. The van der Waals surface area contributed by atoms with Crippen LogP contribution in [0.3, 0.4) is 0 Å². The molecule has 1 aromatic carbocycles. The molecule has 0 fully saturated rings. The van der Waals surface area contributed by atoms with Crippen molar-refractivity contribution in [2.24, 2.45) is 0 Å². The lowest BCUT2D eigenvalue weighted by Crippen LogP contribution is -2.13. The summed E-state index contributed by atoms with van der Waals surface area (Å²) in [4.78, 5) is 4.52. The standard InChI is InChI=1S/C17H19FN2/c1-2-19-11-14-10-13(6-8-16(14)18)15-7-5-12-4-3-9-20-17(12)15/h3-4,6,8-10,15,19H,2,5,7,11H2,1H3. The van der Waals surface area contributed by atoms with Gasteiger partial charge in [0.15, 0.2) is 0 Å². The zero-order valence-electron chi connectivity index (χ0n) is 11.7. The predicted octanol–water partition coefficient (Wildman–Crippen LogP) is 3.41. The van der Waals surface area contributed by atoms with E-state index in [1.54, 1.807) is 6.07 Å². The van der Waals surface area contributed by atoms with Crippen molar-refractivity contribution in [3.8, 4) is 0 Å². The third-order valence-electron chi connectivity index (χ3n) is 4.00. The summed E-state index contributed by atoms with van der Waals surface area (Å²) in [6.07, 6.45) is 3.98. The number of rotatable bonds is 4. The minimum Gasteiger partial charge on any atom is -0.313 e. The zero-order valence-corrected chi connectivity index (χ0v) is 11.7. The van der Waals surface area contributed by atoms with E-state index in [2.05, 4.69) is 16.4 Å². The van der Waals surface area contributed by atoms with Gasteiger partial charge in [-0.05, 0) is 42.6 Å². The van der Waals surface area contributed by atoms with Crippen LogP contribution < -0.4 is 5.32 Å². The Hall–Kier alpha value is -1.74. The second-order valence-electron chi connectivity index (χ2n) is 5.27. The van der Waals surface area contributed by atoms with Gasteiger partial charge in [-0.3, -0.25) is 4.98 Å². The topological polar surface area (TPSA) is 24.9 Å². The Labute approximate surface area is 119 Å². The molecule has 0 saturated heterocycles. The number of hydrogen-bond acceptors (Lipinski definition) is 2. The molecule has 0 spiro atoms. The SMILES string of the molecule is CCNCc1cc(C2CCc3cccnc32)ccc1F. The van der Waals surface area contributed by atoms with Crippen LogP contribution in [0.15, 0.2) is 36.5 Å². The lowest BCUT2D eigenvalue weighted by molar-refractivity contribution is 0.591. The number of benzene rings is 1. The van der Waals surface area contributed by atoms with Crippen LogP contribution in [-0.4, -0.2) is 11.5 Å². The Bertz CT molecular complexity index is 610. The summed E-state index contributed by atoms with van der Waals surface area (Å²) in [5.74, 6) is 0.182. The number of hydrogen-bond donors (Lipinski definition) is 1. The molecule has 1 aliphatic rings. The number of nitrogens with zero attached hydrogens (tertiary/aromatic N) is 1. The average molecular weight is 270 g/mol. The van der Waals surface area contributed by atoms with E-state index in [1.165, 1.54) is 11.1 Å². The molecule has 1 aromatic heterocycles. The highest BCUT2D eigenvalue weighted by Crippen LogP contribution is 2.36. The van der Waals surface area contributed by atoms with Crippen LogP contribution in [0.4, 0.5) is 4.39 Å². The Kier molecular flexibility index (Phi) is 3.79. The van der Waals surface area contributed by atoms with Crippen molar-refractivity contribution in [2.75, 3.05) is 6.54 Å². The minimum atomic E-state index is -0.131. The summed E-state index contributed by atoms with van der Waals surface area (Å²) in [6, 6.07) is 9.61. The van der Waals surface area contributed by atoms with E-state index in [9.17, 15) is 4.39 Å². The van der Waals surface area contributed by atoms with Gasteiger partial charge in [-0.1, -0.05) is 25.1 Å². The molecule has 1 atom stereocenters. The third kappa shape index (κ3) is 2.46.